The van der Waals surface area contributed by atoms with E-state index in [4.69, 9.17) is 0 Å². The average Bonchev–Trinajstić information content (AvgIpc) is 3.06. The van der Waals surface area contributed by atoms with Gasteiger partial charge in [0.1, 0.15) is 5.82 Å². The quantitative estimate of drug-likeness (QED) is 0.563. The Morgan fingerprint density at radius 1 is 1.08 bits per heavy atom. The molecule has 4 rings (SSSR count). The Kier molecular flexibility index (Phi) is 3.42. The summed E-state index contributed by atoms with van der Waals surface area (Å²) in [5, 5.41) is 3.95. The third-order valence-electron chi connectivity index (χ3n) is 3.88. The van der Waals surface area contributed by atoms with Crippen LogP contribution in [0.2, 0.25) is 0 Å². The van der Waals surface area contributed by atoms with Crippen LogP contribution in [0.4, 0.5) is 10.2 Å². The second kappa shape index (κ2) is 5.73. The van der Waals surface area contributed by atoms with Crippen LogP contribution in [-0.2, 0) is 0 Å². The summed E-state index contributed by atoms with van der Waals surface area (Å²) in [4.78, 5) is 15.6. The van der Waals surface area contributed by atoms with Gasteiger partial charge in [0.25, 0.3) is 0 Å². The number of halogens is 1. The molecule has 0 atom stereocenters. The number of hydrogen-bond acceptors (Lipinski definition) is 4. The topological polar surface area (TPSA) is 66.5 Å². The van der Waals surface area contributed by atoms with Crippen LogP contribution >= 0.6 is 0 Å². The number of nitrogens with one attached hydrogen (secondary N) is 2. The van der Waals surface area contributed by atoms with E-state index < -0.39 is 5.95 Å². The van der Waals surface area contributed by atoms with Crippen molar-refractivity contribution in [2.45, 2.75) is 0 Å². The van der Waals surface area contributed by atoms with E-state index >= 15 is 0 Å². The van der Waals surface area contributed by atoms with Gasteiger partial charge in [-0.25, -0.2) is 9.97 Å². The molecule has 0 saturated carbocycles. The summed E-state index contributed by atoms with van der Waals surface area (Å²) >= 11 is 0. The molecule has 0 aliphatic rings. The summed E-state index contributed by atoms with van der Waals surface area (Å²) in [7, 11) is 1.79. The Bertz CT molecular complexity index is 975. The van der Waals surface area contributed by atoms with Gasteiger partial charge in [-0.05, 0) is 36.4 Å². The minimum absolute atomic E-state index is 0.423. The zero-order valence-corrected chi connectivity index (χ0v) is 12.9. The van der Waals surface area contributed by atoms with Crippen molar-refractivity contribution in [1.29, 1.82) is 0 Å². The lowest BCUT2D eigenvalue weighted by atomic mass is 10.1. The lowest BCUT2D eigenvalue weighted by Crippen LogP contribution is -1.95. The number of aromatic nitrogens is 4. The zero-order valence-electron chi connectivity index (χ0n) is 12.9. The largest absolute Gasteiger partial charge is 0.373 e. The first-order valence-corrected chi connectivity index (χ1v) is 7.48. The molecular formula is C18H14FN5. The predicted molar refractivity (Wildman–Crippen MR) is 92.1 cm³/mol. The van der Waals surface area contributed by atoms with Gasteiger partial charge in [0, 0.05) is 36.0 Å². The fourth-order valence-corrected chi connectivity index (χ4v) is 2.61. The highest BCUT2D eigenvalue weighted by Gasteiger charge is 2.11. The van der Waals surface area contributed by atoms with Gasteiger partial charge in [-0.1, -0.05) is 0 Å². The minimum Gasteiger partial charge on any atom is -0.373 e. The standard InChI is InChI=1S/C18H14FN5/c1-20-17-5-2-12(9-22-17)13-3-4-14(24-18(13)19)15-8-11-6-7-21-10-16(11)23-15/h2-10,23H,1H3,(H,20,22). The monoisotopic (exact) mass is 319 g/mol. The fraction of sp³-hybridized carbons (Fsp3) is 0.0556. The number of aromatic amines is 1. The van der Waals surface area contributed by atoms with Crippen molar-refractivity contribution < 1.29 is 4.39 Å². The summed E-state index contributed by atoms with van der Waals surface area (Å²) in [5.74, 6) is 0.207. The number of H-pyrrole nitrogens is 1. The number of nitrogens with zero attached hydrogens (tertiary/aromatic N) is 3. The molecule has 4 heterocycles. The first-order valence-electron chi connectivity index (χ1n) is 7.48. The van der Waals surface area contributed by atoms with Crippen molar-refractivity contribution >= 4 is 16.7 Å². The molecule has 0 aliphatic heterocycles. The maximum Gasteiger partial charge on any atom is 0.221 e. The molecule has 0 fully saturated rings. The lowest BCUT2D eigenvalue weighted by molar-refractivity contribution is 0.589. The van der Waals surface area contributed by atoms with E-state index in [1.807, 2.05) is 18.2 Å². The molecule has 0 radical (unpaired) electrons. The van der Waals surface area contributed by atoms with Crippen LogP contribution in [0.5, 0.6) is 0 Å². The van der Waals surface area contributed by atoms with Crippen LogP contribution in [0, 0.1) is 5.95 Å². The second-order valence-electron chi connectivity index (χ2n) is 5.36. The third-order valence-corrected chi connectivity index (χ3v) is 3.88. The number of hydrogen-bond donors (Lipinski definition) is 2. The van der Waals surface area contributed by atoms with Gasteiger partial charge in [-0.2, -0.15) is 4.39 Å². The molecule has 0 saturated heterocycles. The van der Waals surface area contributed by atoms with Crippen LogP contribution in [0.3, 0.4) is 0 Å². The fourth-order valence-electron chi connectivity index (χ4n) is 2.61. The molecular weight excluding hydrogens is 305 g/mol. The highest BCUT2D eigenvalue weighted by Crippen LogP contribution is 2.27. The van der Waals surface area contributed by atoms with Gasteiger partial charge in [-0.15, -0.1) is 0 Å². The second-order valence-corrected chi connectivity index (χ2v) is 5.36. The normalized spacial score (nSPS) is 10.9. The number of pyridine rings is 3. The molecule has 0 aromatic carbocycles. The van der Waals surface area contributed by atoms with Gasteiger partial charge < -0.3 is 10.3 Å². The molecule has 0 spiro atoms. The Morgan fingerprint density at radius 3 is 2.71 bits per heavy atom. The maximum atomic E-state index is 14.5. The summed E-state index contributed by atoms with van der Waals surface area (Å²) in [6.45, 7) is 0. The Morgan fingerprint density at radius 2 is 2.00 bits per heavy atom. The molecule has 0 aliphatic carbocycles. The molecule has 0 unspecified atom stereocenters. The third kappa shape index (κ3) is 2.48. The van der Waals surface area contributed by atoms with Crippen molar-refractivity contribution in [3.05, 3.63) is 60.9 Å². The highest BCUT2D eigenvalue weighted by atomic mass is 19.1. The average molecular weight is 319 g/mol. The molecule has 5 nitrogen and oxygen atoms in total. The van der Waals surface area contributed by atoms with E-state index in [0.717, 1.165) is 22.4 Å². The van der Waals surface area contributed by atoms with E-state index in [9.17, 15) is 4.39 Å². The van der Waals surface area contributed by atoms with Gasteiger partial charge in [0.15, 0.2) is 0 Å². The summed E-state index contributed by atoms with van der Waals surface area (Å²) < 4.78 is 14.5. The van der Waals surface area contributed by atoms with Crippen LogP contribution in [0.1, 0.15) is 0 Å². The highest BCUT2D eigenvalue weighted by molar-refractivity contribution is 5.84. The molecule has 24 heavy (non-hydrogen) atoms. The first kappa shape index (κ1) is 14.3. The molecule has 2 N–H and O–H groups in total. The van der Waals surface area contributed by atoms with E-state index in [0.29, 0.717) is 16.8 Å². The van der Waals surface area contributed by atoms with Crippen molar-refractivity contribution in [2.75, 3.05) is 12.4 Å². The number of fused-ring (bicyclic) bond motifs is 1. The van der Waals surface area contributed by atoms with Gasteiger partial charge in [0.2, 0.25) is 5.95 Å². The maximum absolute atomic E-state index is 14.5. The molecule has 6 heteroatoms. The molecule has 0 amide bonds. The summed E-state index contributed by atoms with van der Waals surface area (Å²) in [6, 6.07) is 11.0. The van der Waals surface area contributed by atoms with Crippen molar-refractivity contribution in [3.8, 4) is 22.5 Å². The Balaban J connectivity index is 1.73. The minimum atomic E-state index is -0.525. The van der Waals surface area contributed by atoms with Gasteiger partial charge in [-0.3, -0.25) is 4.98 Å². The summed E-state index contributed by atoms with van der Waals surface area (Å²) in [6.07, 6.45) is 5.08. The summed E-state index contributed by atoms with van der Waals surface area (Å²) in [5.41, 5.74) is 3.31. The van der Waals surface area contributed by atoms with Crippen LogP contribution in [0.25, 0.3) is 33.4 Å². The van der Waals surface area contributed by atoms with Crippen molar-refractivity contribution in [3.63, 3.8) is 0 Å². The van der Waals surface area contributed by atoms with E-state index in [1.165, 1.54) is 0 Å². The molecule has 4 aromatic rings. The number of rotatable bonds is 3. The van der Waals surface area contributed by atoms with Crippen LogP contribution in [-0.4, -0.2) is 27.0 Å². The van der Waals surface area contributed by atoms with E-state index in [-0.39, 0.29) is 0 Å². The zero-order chi connectivity index (χ0) is 16.5. The first-order chi connectivity index (χ1) is 11.7. The Labute approximate surface area is 137 Å². The van der Waals surface area contributed by atoms with Crippen molar-refractivity contribution in [2.24, 2.45) is 0 Å². The van der Waals surface area contributed by atoms with Crippen molar-refractivity contribution in [1.82, 2.24) is 19.9 Å². The van der Waals surface area contributed by atoms with Crippen LogP contribution in [0.15, 0.2) is 55.0 Å². The smallest absolute Gasteiger partial charge is 0.221 e. The van der Waals surface area contributed by atoms with E-state index in [1.54, 1.807) is 43.8 Å². The van der Waals surface area contributed by atoms with Gasteiger partial charge >= 0.3 is 0 Å². The van der Waals surface area contributed by atoms with Gasteiger partial charge in [0.05, 0.1) is 23.1 Å². The Hall–Kier alpha value is -3.28. The van der Waals surface area contributed by atoms with Crippen LogP contribution < -0.4 is 5.32 Å². The molecule has 118 valence electrons. The number of anilines is 1. The van der Waals surface area contributed by atoms with E-state index in [2.05, 4.69) is 25.3 Å². The predicted octanol–water partition coefficient (Wildman–Crippen LogP) is 3.87. The lowest BCUT2D eigenvalue weighted by Gasteiger charge is -2.06. The molecule has 4 aromatic heterocycles. The molecule has 0 bridgehead atoms. The SMILES string of the molecule is CNc1ccc(-c2ccc(-c3cc4ccncc4[nH]3)nc2F)cn1.